The first-order valence-corrected chi connectivity index (χ1v) is 6.16. The number of hydrogen-bond donors (Lipinski definition) is 1. The SMILES string of the molecule is CC(=O)N[C@@H]1CC(=O)CCC1N1CCCC1=O. The molecule has 2 amide bonds. The highest BCUT2D eigenvalue weighted by atomic mass is 16.2. The summed E-state index contributed by atoms with van der Waals surface area (Å²) in [6.45, 7) is 2.20. The molecule has 0 radical (unpaired) electrons. The lowest BCUT2D eigenvalue weighted by Crippen LogP contribution is -2.54. The van der Waals surface area contributed by atoms with Crippen molar-refractivity contribution in [2.24, 2.45) is 0 Å². The lowest BCUT2D eigenvalue weighted by atomic mass is 9.88. The Hall–Kier alpha value is -1.39. The van der Waals surface area contributed by atoms with Gasteiger partial charge in [-0.2, -0.15) is 0 Å². The van der Waals surface area contributed by atoms with Crippen LogP contribution in [0.2, 0.25) is 0 Å². The van der Waals surface area contributed by atoms with E-state index < -0.39 is 0 Å². The van der Waals surface area contributed by atoms with Gasteiger partial charge in [-0.15, -0.1) is 0 Å². The van der Waals surface area contributed by atoms with Crippen LogP contribution in [0.15, 0.2) is 0 Å². The minimum absolute atomic E-state index is 0.00611. The Morgan fingerprint density at radius 1 is 1.35 bits per heavy atom. The molecule has 5 nitrogen and oxygen atoms in total. The number of Topliss-reactive ketones (excluding diaryl/α,β-unsaturated/α-hetero) is 1. The smallest absolute Gasteiger partial charge is 0.222 e. The zero-order valence-corrected chi connectivity index (χ0v) is 10.1. The summed E-state index contributed by atoms with van der Waals surface area (Å²) in [6.07, 6.45) is 3.03. The van der Waals surface area contributed by atoms with Crippen molar-refractivity contribution in [1.82, 2.24) is 10.2 Å². The van der Waals surface area contributed by atoms with Crippen LogP contribution in [-0.4, -0.2) is 41.1 Å². The molecule has 2 atom stereocenters. The third-order valence-electron chi connectivity index (χ3n) is 3.53. The second-order valence-corrected chi connectivity index (χ2v) is 4.85. The first kappa shape index (κ1) is 12.1. The predicted octanol–water partition coefficient (Wildman–Crippen LogP) is 0.235. The molecule has 1 saturated carbocycles. The summed E-state index contributed by atoms with van der Waals surface area (Å²) in [7, 11) is 0. The summed E-state index contributed by atoms with van der Waals surface area (Å²) in [6, 6.07) is -0.192. The molecule has 17 heavy (non-hydrogen) atoms. The Labute approximate surface area is 101 Å². The first-order chi connectivity index (χ1) is 8.08. The summed E-state index contributed by atoms with van der Waals surface area (Å²) in [5.41, 5.74) is 0. The van der Waals surface area contributed by atoms with E-state index in [1.165, 1.54) is 6.92 Å². The second kappa shape index (κ2) is 4.85. The van der Waals surface area contributed by atoms with Gasteiger partial charge in [-0.25, -0.2) is 0 Å². The van der Waals surface area contributed by atoms with Gasteiger partial charge < -0.3 is 10.2 Å². The maximum Gasteiger partial charge on any atom is 0.222 e. The van der Waals surface area contributed by atoms with E-state index in [1.807, 2.05) is 4.90 Å². The molecule has 1 N–H and O–H groups in total. The van der Waals surface area contributed by atoms with Gasteiger partial charge >= 0.3 is 0 Å². The Bertz CT molecular complexity index is 352. The molecule has 0 bridgehead atoms. The van der Waals surface area contributed by atoms with Crippen molar-refractivity contribution >= 4 is 17.6 Å². The fourth-order valence-electron chi connectivity index (χ4n) is 2.79. The van der Waals surface area contributed by atoms with Crippen molar-refractivity contribution < 1.29 is 14.4 Å². The Morgan fingerprint density at radius 2 is 2.12 bits per heavy atom. The highest BCUT2D eigenvalue weighted by Gasteiger charge is 2.37. The molecule has 0 aromatic heterocycles. The van der Waals surface area contributed by atoms with Crippen molar-refractivity contribution in [1.29, 1.82) is 0 Å². The van der Waals surface area contributed by atoms with E-state index in [9.17, 15) is 14.4 Å². The zero-order chi connectivity index (χ0) is 12.4. The average Bonchev–Trinajstić information content (AvgIpc) is 2.64. The van der Waals surface area contributed by atoms with Gasteiger partial charge in [-0.3, -0.25) is 14.4 Å². The van der Waals surface area contributed by atoms with Gasteiger partial charge in [0.1, 0.15) is 5.78 Å². The summed E-state index contributed by atoms with van der Waals surface area (Å²) >= 11 is 0. The fourth-order valence-corrected chi connectivity index (χ4v) is 2.79. The fraction of sp³-hybridized carbons (Fsp3) is 0.750. The Kier molecular flexibility index (Phi) is 3.45. The Morgan fingerprint density at radius 3 is 2.71 bits per heavy atom. The van der Waals surface area contributed by atoms with Crippen LogP contribution in [0, 0.1) is 0 Å². The number of amides is 2. The van der Waals surface area contributed by atoms with Crippen molar-refractivity contribution in [3.8, 4) is 0 Å². The second-order valence-electron chi connectivity index (χ2n) is 4.85. The number of nitrogens with zero attached hydrogens (tertiary/aromatic N) is 1. The van der Waals surface area contributed by atoms with Crippen molar-refractivity contribution in [2.45, 2.75) is 51.1 Å². The van der Waals surface area contributed by atoms with Crippen LogP contribution in [0.3, 0.4) is 0 Å². The van der Waals surface area contributed by atoms with Gasteiger partial charge in [0.05, 0.1) is 12.1 Å². The van der Waals surface area contributed by atoms with Crippen LogP contribution in [0.1, 0.15) is 39.0 Å². The van der Waals surface area contributed by atoms with Gasteiger partial charge in [0.15, 0.2) is 0 Å². The third-order valence-corrected chi connectivity index (χ3v) is 3.53. The topological polar surface area (TPSA) is 66.5 Å². The molecule has 2 fully saturated rings. The number of likely N-dealkylation sites (tertiary alicyclic amines) is 1. The lowest BCUT2D eigenvalue weighted by molar-refractivity contribution is -0.134. The van der Waals surface area contributed by atoms with Crippen LogP contribution in [0.25, 0.3) is 0 Å². The lowest BCUT2D eigenvalue weighted by Gasteiger charge is -2.37. The predicted molar refractivity (Wildman–Crippen MR) is 61.2 cm³/mol. The van der Waals surface area contributed by atoms with Crippen LogP contribution in [0.4, 0.5) is 0 Å². The van der Waals surface area contributed by atoms with E-state index in [0.29, 0.717) is 25.7 Å². The monoisotopic (exact) mass is 238 g/mol. The first-order valence-electron chi connectivity index (χ1n) is 6.16. The van der Waals surface area contributed by atoms with Crippen molar-refractivity contribution in [3.05, 3.63) is 0 Å². The number of carbonyl (C=O) groups excluding carboxylic acids is 3. The number of nitrogens with one attached hydrogen (secondary N) is 1. The molecule has 5 heteroatoms. The number of ketones is 1. The minimum atomic E-state index is -0.198. The standard InChI is InChI=1S/C12H18N2O3/c1-8(15)13-10-7-9(16)4-5-11(10)14-6-2-3-12(14)17/h10-11H,2-7H2,1H3,(H,13,15)/t10-,11?/m1/s1. The average molecular weight is 238 g/mol. The molecular formula is C12H18N2O3. The summed E-state index contributed by atoms with van der Waals surface area (Å²) < 4.78 is 0. The molecule has 1 aliphatic heterocycles. The molecular weight excluding hydrogens is 220 g/mol. The molecule has 0 aromatic rings. The number of carbonyl (C=O) groups is 3. The van der Waals surface area contributed by atoms with Gasteiger partial charge in [0.2, 0.25) is 11.8 Å². The molecule has 0 aromatic carbocycles. The molecule has 0 spiro atoms. The number of rotatable bonds is 2. The maximum absolute atomic E-state index is 11.7. The van der Waals surface area contributed by atoms with Gasteiger partial charge in [0.25, 0.3) is 0 Å². The normalized spacial score (nSPS) is 29.6. The van der Waals surface area contributed by atoms with Crippen LogP contribution in [-0.2, 0) is 14.4 Å². The highest BCUT2D eigenvalue weighted by Crippen LogP contribution is 2.25. The van der Waals surface area contributed by atoms with E-state index in [0.717, 1.165) is 13.0 Å². The summed E-state index contributed by atoms with van der Waals surface area (Å²) in [4.78, 5) is 36.1. The largest absolute Gasteiger partial charge is 0.351 e. The highest BCUT2D eigenvalue weighted by molar-refractivity contribution is 5.83. The number of hydrogen-bond acceptors (Lipinski definition) is 3. The van der Waals surface area contributed by atoms with E-state index in [-0.39, 0.29) is 29.7 Å². The molecule has 1 aliphatic carbocycles. The molecule has 94 valence electrons. The summed E-state index contributed by atoms with van der Waals surface area (Å²) in [5, 5.41) is 2.81. The van der Waals surface area contributed by atoms with Crippen molar-refractivity contribution in [3.63, 3.8) is 0 Å². The Balaban J connectivity index is 2.09. The molecule has 2 aliphatic rings. The van der Waals surface area contributed by atoms with E-state index in [1.54, 1.807) is 0 Å². The van der Waals surface area contributed by atoms with E-state index in [2.05, 4.69) is 5.32 Å². The molecule has 1 unspecified atom stereocenters. The van der Waals surface area contributed by atoms with Gasteiger partial charge in [-0.05, 0) is 12.8 Å². The van der Waals surface area contributed by atoms with E-state index >= 15 is 0 Å². The van der Waals surface area contributed by atoms with Gasteiger partial charge in [0, 0.05) is 32.7 Å². The van der Waals surface area contributed by atoms with E-state index in [4.69, 9.17) is 0 Å². The molecule has 1 heterocycles. The van der Waals surface area contributed by atoms with Crippen LogP contribution in [0.5, 0.6) is 0 Å². The third kappa shape index (κ3) is 2.65. The quantitative estimate of drug-likeness (QED) is 0.749. The maximum atomic E-state index is 11.7. The minimum Gasteiger partial charge on any atom is -0.351 e. The van der Waals surface area contributed by atoms with Crippen molar-refractivity contribution in [2.75, 3.05) is 6.54 Å². The van der Waals surface area contributed by atoms with Gasteiger partial charge in [-0.1, -0.05) is 0 Å². The molecule has 1 saturated heterocycles. The summed E-state index contributed by atoms with van der Waals surface area (Å²) in [5.74, 6) is 0.188. The van der Waals surface area contributed by atoms with Crippen LogP contribution < -0.4 is 5.32 Å². The zero-order valence-electron chi connectivity index (χ0n) is 10.1. The molecule has 2 rings (SSSR count). The van der Waals surface area contributed by atoms with Crippen LogP contribution >= 0.6 is 0 Å².